The first-order valence-electron chi connectivity index (χ1n) is 7.21. The van der Waals surface area contributed by atoms with E-state index in [0.29, 0.717) is 6.20 Å². The van der Waals surface area contributed by atoms with Crippen molar-refractivity contribution in [1.29, 1.82) is 0 Å². The van der Waals surface area contributed by atoms with Crippen molar-refractivity contribution in [3.63, 3.8) is 0 Å². The molecule has 0 aliphatic heterocycles. The minimum Gasteiger partial charge on any atom is -0.288 e. The van der Waals surface area contributed by atoms with Gasteiger partial charge in [-0.05, 0) is 35.0 Å². The molecule has 0 saturated carbocycles. The molecule has 11 heteroatoms. The van der Waals surface area contributed by atoms with Crippen LogP contribution in [-0.2, 0) is 12.7 Å². The Labute approximate surface area is 144 Å². The monoisotopic (exact) mass is 364 g/mol. The number of halogens is 3. The fourth-order valence-electron chi connectivity index (χ4n) is 2.10. The van der Waals surface area contributed by atoms with Crippen molar-refractivity contribution in [1.82, 2.24) is 30.7 Å². The van der Waals surface area contributed by atoms with Crippen LogP contribution < -0.4 is 5.48 Å². The fourth-order valence-corrected chi connectivity index (χ4v) is 2.10. The maximum atomic E-state index is 12.5. The van der Waals surface area contributed by atoms with Gasteiger partial charge in [0.2, 0.25) is 5.82 Å². The lowest BCUT2D eigenvalue weighted by Gasteiger charge is -2.05. The summed E-state index contributed by atoms with van der Waals surface area (Å²) in [6.45, 7) is 0.231. The van der Waals surface area contributed by atoms with Crippen LogP contribution in [0.15, 0.2) is 42.6 Å². The van der Waals surface area contributed by atoms with E-state index in [1.165, 1.54) is 28.5 Å². The number of nitrogens with one attached hydrogen (secondary N) is 1. The average Bonchev–Trinajstić information content (AvgIpc) is 3.09. The Balaban J connectivity index is 1.73. The summed E-state index contributed by atoms with van der Waals surface area (Å²) in [7, 11) is 0. The number of aromatic nitrogens is 5. The molecule has 0 unspecified atom stereocenters. The zero-order chi connectivity index (χ0) is 18.7. The Kier molecular flexibility index (Phi) is 4.63. The molecule has 3 rings (SSSR count). The third kappa shape index (κ3) is 3.83. The maximum absolute atomic E-state index is 12.5. The highest BCUT2D eigenvalue weighted by atomic mass is 19.4. The molecule has 0 radical (unpaired) electrons. The van der Waals surface area contributed by atoms with Crippen LogP contribution in [0.1, 0.15) is 21.5 Å². The van der Waals surface area contributed by atoms with Crippen molar-refractivity contribution < 1.29 is 23.2 Å². The van der Waals surface area contributed by atoms with Gasteiger partial charge in [0.05, 0.1) is 12.1 Å². The Bertz CT molecular complexity index is 906. The second kappa shape index (κ2) is 6.88. The highest BCUT2D eigenvalue weighted by Gasteiger charge is 2.30. The van der Waals surface area contributed by atoms with Crippen LogP contribution in [0.25, 0.3) is 11.5 Å². The molecule has 1 aromatic carbocycles. The molecule has 3 aromatic rings. The van der Waals surface area contributed by atoms with E-state index in [1.54, 1.807) is 12.1 Å². The lowest BCUT2D eigenvalue weighted by molar-refractivity contribution is -0.137. The Hall–Kier alpha value is -3.34. The van der Waals surface area contributed by atoms with E-state index in [-0.39, 0.29) is 23.6 Å². The summed E-state index contributed by atoms with van der Waals surface area (Å²) in [6, 6.07) is 8.38. The van der Waals surface area contributed by atoms with Gasteiger partial charge in [-0.25, -0.2) is 5.48 Å². The predicted molar refractivity (Wildman–Crippen MR) is 80.8 cm³/mol. The molecule has 1 amide bonds. The number of hydrogen-bond donors (Lipinski definition) is 2. The van der Waals surface area contributed by atoms with E-state index in [2.05, 4.69) is 20.4 Å². The van der Waals surface area contributed by atoms with Gasteiger partial charge in [-0.2, -0.15) is 18.0 Å². The van der Waals surface area contributed by atoms with Crippen molar-refractivity contribution in [3.8, 4) is 11.5 Å². The normalized spacial score (nSPS) is 11.4. The predicted octanol–water partition coefficient (Wildman–Crippen LogP) is 1.92. The van der Waals surface area contributed by atoms with E-state index in [4.69, 9.17) is 5.21 Å². The number of benzene rings is 1. The lowest BCUT2D eigenvalue weighted by Crippen LogP contribution is -2.18. The molecule has 0 saturated heterocycles. The van der Waals surface area contributed by atoms with Crippen LogP contribution in [0.4, 0.5) is 13.2 Å². The van der Waals surface area contributed by atoms with Gasteiger partial charge in [-0.3, -0.25) is 15.0 Å². The molecule has 2 N–H and O–H groups in total. The zero-order valence-electron chi connectivity index (χ0n) is 13.0. The Morgan fingerprint density at radius 3 is 2.46 bits per heavy atom. The van der Waals surface area contributed by atoms with Crippen molar-refractivity contribution in [2.24, 2.45) is 0 Å². The Morgan fingerprint density at radius 2 is 1.88 bits per heavy atom. The summed E-state index contributed by atoms with van der Waals surface area (Å²) >= 11 is 0. The Morgan fingerprint density at radius 1 is 1.15 bits per heavy atom. The largest absolute Gasteiger partial charge is 0.417 e. The third-order valence-electron chi connectivity index (χ3n) is 3.41. The first kappa shape index (κ1) is 17.5. The van der Waals surface area contributed by atoms with Gasteiger partial charge in [-0.15, -0.1) is 10.2 Å². The molecule has 2 aromatic heterocycles. The molecule has 0 bridgehead atoms. The van der Waals surface area contributed by atoms with E-state index < -0.39 is 17.6 Å². The molecule has 0 atom stereocenters. The second-order valence-electron chi connectivity index (χ2n) is 5.21. The summed E-state index contributed by atoms with van der Waals surface area (Å²) < 4.78 is 37.6. The zero-order valence-corrected chi connectivity index (χ0v) is 13.0. The number of carbonyl (C=O) groups is 1. The molecule has 2 heterocycles. The summed E-state index contributed by atoms with van der Waals surface area (Å²) in [5.74, 6) is -0.541. The molecular weight excluding hydrogens is 353 g/mol. The minimum absolute atomic E-state index is 0.0926. The van der Waals surface area contributed by atoms with Crippen LogP contribution in [-0.4, -0.2) is 36.3 Å². The van der Waals surface area contributed by atoms with Gasteiger partial charge in [0.25, 0.3) is 5.91 Å². The molecule has 8 nitrogen and oxygen atoms in total. The number of rotatable bonds is 4. The van der Waals surface area contributed by atoms with Gasteiger partial charge in [0, 0.05) is 11.8 Å². The number of alkyl halides is 3. The van der Waals surface area contributed by atoms with Gasteiger partial charge >= 0.3 is 6.18 Å². The smallest absolute Gasteiger partial charge is 0.288 e. The minimum atomic E-state index is -4.46. The summed E-state index contributed by atoms with van der Waals surface area (Å²) in [4.78, 5) is 16.2. The van der Waals surface area contributed by atoms with E-state index in [0.717, 1.165) is 11.6 Å². The quantitative estimate of drug-likeness (QED) is 0.541. The number of amides is 1. The van der Waals surface area contributed by atoms with Crippen molar-refractivity contribution in [2.45, 2.75) is 12.7 Å². The molecule has 0 spiro atoms. The maximum Gasteiger partial charge on any atom is 0.417 e. The van der Waals surface area contributed by atoms with Crippen molar-refractivity contribution in [3.05, 3.63) is 59.3 Å². The van der Waals surface area contributed by atoms with Crippen molar-refractivity contribution in [2.75, 3.05) is 0 Å². The van der Waals surface area contributed by atoms with E-state index in [1.807, 2.05) is 0 Å². The van der Waals surface area contributed by atoms with Crippen molar-refractivity contribution >= 4 is 5.91 Å². The topological polar surface area (TPSA) is 106 Å². The van der Waals surface area contributed by atoms with Crippen LogP contribution in [0.2, 0.25) is 0 Å². The average molecular weight is 364 g/mol. The molecule has 26 heavy (non-hydrogen) atoms. The SMILES string of the molecule is O=C(NO)c1ccc(Cn2nnc(-c3ccc(C(F)(F)F)cn3)n2)cc1. The second-order valence-corrected chi connectivity index (χ2v) is 5.21. The number of tetrazole rings is 1. The number of pyridine rings is 1. The molecule has 0 fully saturated rings. The molecule has 0 aliphatic carbocycles. The first-order chi connectivity index (χ1) is 12.4. The van der Waals surface area contributed by atoms with Gasteiger partial charge < -0.3 is 0 Å². The number of nitrogens with zero attached hydrogens (tertiary/aromatic N) is 5. The van der Waals surface area contributed by atoms with E-state index >= 15 is 0 Å². The number of carbonyl (C=O) groups excluding carboxylic acids is 1. The summed E-state index contributed by atoms with van der Waals surface area (Å²) in [5, 5.41) is 20.2. The van der Waals surface area contributed by atoms with Crippen LogP contribution >= 0.6 is 0 Å². The highest BCUT2D eigenvalue weighted by molar-refractivity contribution is 5.93. The third-order valence-corrected chi connectivity index (χ3v) is 3.41. The van der Waals surface area contributed by atoms with Gasteiger partial charge in [-0.1, -0.05) is 12.1 Å². The summed E-state index contributed by atoms with van der Waals surface area (Å²) in [6.07, 6.45) is -3.75. The fraction of sp³-hybridized carbons (Fsp3) is 0.133. The van der Waals surface area contributed by atoms with Crippen LogP contribution in [0, 0.1) is 0 Å². The van der Waals surface area contributed by atoms with E-state index in [9.17, 15) is 18.0 Å². The standard InChI is InChI=1S/C15H11F3N6O2/c16-15(17,18)11-5-6-12(19-7-11)13-20-23-24(21-13)8-9-1-3-10(4-2-9)14(25)22-26/h1-7,26H,8H2,(H,22,25). The molecular formula is C15H11F3N6O2. The summed E-state index contributed by atoms with van der Waals surface area (Å²) in [5.41, 5.74) is 1.86. The highest BCUT2D eigenvalue weighted by Crippen LogP contribution is 2.29. The van der Waals surface area contributed by atoms with Gasteiger partial charge in [0.1, 0.15) is 5.69 Å². The number of hydroxylamine groups is 1. The lowest BCUT2D eigenvalue weighted by atomic mass is 10.1. The number of hydrogen-bond acceptors (Lipinski definition) is 6. The van der Waals surface area contributed by atoms with Crippen LogP contribution in [0.5, 0.6) is 0 Å². The van der Waals surface area contributed by atoms with Gasteiger partial charge in [0.15, 0.2) is 0 Å². The van der Waals surface area contributed by atoms with Crippen LogP contribution in [0.3, 0.4) is 0 Å². The first-order valence-corrected chi connectivity index (χ1v) is 7.21. The molecule has 0 aliphatic rings. The molecule has 134 valence electrons.